The van der Waals surface area contributed by atoms with Crippen LogP contribution in [0.1, 0.15) is 31.4 Å². The quantitative estimate of drug-likeness (QED) is 0.342. The summed E-state index contributed by atoms with van der Waals surface area (Å²) in [5.41, 5.74) is 5.99. The van der Waals surface area contributed by atoms with Gasteiger partial charge in [0.2, 0.25) is 0 Å². The van der Waals surface area contributed by atoms with E-state index in [2.05, 4.69) is 67.3 Å². The molecule has 4 aromatic rings. The highest BCUT2D eigenvalue weighted by Crippen LogP contribution is 2.39. The summed E-state index contributed by atoms with van der Waals surface area (Å²) in [6.07, 6.45) is 1.99. The van der Waals surface area contributed by atoms with E-state index in [0.717, 1.165) is 60.7 Å². The average molecular weight is 427 g/mol. The second-order valence-corrected chi connectivity index (χ2v) is 8.43. The maximum atomic E-state index is 6.01. The number of ether oxygens (including phenoxy) is 2. The maximum absolute atomic E-state index is 6.01. The number of aromatic nitrogens is 1. The Hall–Kier alpha value is -3.11. The average Bonchev–Trinajstić information content (AvgIpc) is 2.86. The van der Waals surface area contributed by atoms with Crippen LogP contribution in [0.15, 0.2) is 54.6 Å². The zero-order chi connectivity index (χ0) is 22.1. The second kappa shape index (κ2) is 8.79. The van der Waals surface area contributed by atoms with Crippen molar-refractivity contribution < 1.29 is 9.47 Å². The predicted octanol–water partition coefficient (Wildman–Crippen LogP) is 6.23. The van der Waals surface area contributed by atoms with Gasteiger partial charge in [-0.2, -0.15) is 0 Å². The van der Waals surface area contributed by atoms with Crippen LogP contribution < -0.4 is 9.47 Å². The summed E-state index contributed by atoms with van der Waals surface area (Å²) in [5, 5.41) is 3.88. The molecule has 0 aliphatic carbocycles. The van der Waals surface area contributed by atoms with Gasteiger partial charge in [-0.15, -0.1) is 0 Å². The highest BCUT2D eigenvalue weighted by Gasteiger charge is 2.24. The van der Waals surface area contributed by atoms with Gasteiger partial charge in [0.15, 0.2) is 11.5 Å². The number of benzene rings is 3. The van der Waals surface area contributed by atoms with Crippen molar-refractivity contribution in [3.8, 4) is 22.8 Å². The molecule has 0 spiro atoms. The van der Waals surface area contributed by atoms with Crippen LogP contribution in [0.2, 0.25) is 0 Å². The van der Waals surface area contributed by atoms with E-state index in [9.17, 15) is 0 Å². The predicted molar refractivity (Wildman–Crippen MR) is 132 cm³/mol. The SMILES string of the molecule is CCCOc1cc(-c2nc3ccc4ccccc4c3c3c2CN(CC)CC3)ccc1OC. The van der Waals surface area contributed by atoms with Crippen molar-refractivity contribution in [1.29, 1.82) is 0 Å². The van der Waals surface area contributed by atoms with Gasteiger partial charge in [0.05, 0.1) is 24.9 Å². The van der Waals surface area contributed by atoms with Crippen LogP contribution >= 0.6 is 0 Å². The molecular weight excluding hydrogens is 396 g/mol. The zero-order valence-electron chi connectivity index (χ0n) is 19.1. The molecule has 164 valence electrons. The number of pyridine rings is 1. The van der Waals surface area contributed by atoms with Crippen LogP contribution in [0.5, 0.6) is 11.5 Å². The fourth-order valence-electron chi connectivity index (χ4n) is 4.83. The van der Waals surface area contributed by atoms with E-state index >= 15 is 0 Å². The normalized spacial score (nSPS) is 14.0. The molecular formula is C28H30N2O2. The topological polar surface area (TPSA) is 34.6 Å². The van der Waals surface area contributed by atoms with E-state index in [4.69, 9.17) is 14.5 Å². The molecule has 0 fully saturated rings. The first-order valence-corrected chi connectivity index (χ1v) is 11.6. The highest BCUT2D eigenvalue weighted by atomic mass is 16.5. The molecule has 0 saturated heterocycles. The molecule has 5 rings (SSSR count). The Morgan fingerprint density at radius 3 is 2.66 bits per heavy atom. The van der Waals surface area contributed by atoms with Crippen molar-refractivity contribution in [3.63, 3.8) is 0 Å². The molecule has 0 saturated carbocycles. The van der Waals surface area contributed by atoms with E-state index in [1.54, 1.807) is 7.11 Å². The van der Waals surface area contributed by atoms with E-state index < -0.39 is 0 Å². The van der Waals surface area contributed by atoms with Gasteiger partial charge in [0.1, 0.15) is 0 Å². The molecule has 1 aliphatic heterocycles. The highest BCUT2D eigenvalue weighted by molar-refractivity contribution is 6.09. The number of likely N-dealkylation sites (N-methyl/N-ethyl adjacent to an activating group) is 1. The number of methoxy groups -OCH3 is 1. The Kier molecular flexibility index (Phi) is 5.71. The summed E-state index contributed by atoms with van der Waals surface area (Å²) in [6, 6.07) is 19.2. The summed E-state index contributed by atoms with van der Waals surface area (Å²) in [5.74, 6) is 1.54. The molecule has 0 radical (unpaired) electrons. The molecule has 0 amide bonds. The zero-order valence-corrected chi connectivity index (χ0v) is 19.1. The molecule has 0 bridgehead atoms. The van der Waals surface area contributed by atoms with Gasteiger partial charge >= 0.3 is 0 Å². The Morgan fingerprint density at radius 1 is 0.969 bits per heavy atom. The minimum Gasteiger partial charge on any atom is -0.493 e. The summed E-state index contributed by atoms with van der Waals surface area (Å²) < 4.78 is 11.6. The third-order valence-corrected chi connectivity index (χ3v) is 6.50. The van der Waals surface area contributed by atoms with Gasteiger partial charge < -0.3 is 9.47 Å². The maximum Gasteiger partial charge on any atom is 0.161 e. The first-order valence-electron chi connectivity index (χ1n) is 11.6. The van der Waals surface area contributed by atoms with Gasteiger partial charge in [-0.3, -0.25) is 4.90 Å². The summed E-state index contributed by atoms with van der Waals surface area (Å²) >= 11 is 0. The summed E-state index contributed by atoms with van der Waals surface area (Å²) in [4.78, 5) is 7.73. The van der Waals surface area contributed by atoms with Crippen molar-refractivity contribution in [2.24, 2.45) is 0 Å². The van der Waals surface area contributed by atoms with Gasteiger partial charge in [-0.25, -0.2) is 4.98 Å². The largest absolute Gasteiger partial charge is 0.493 e. The number of nitrogens with zero attached hydrogens (tertiary/aromatic N) is 2. The third kappa shape index (κ3) is 3.59. The van der Waals surface area contributed by atoms with Crippen LogP contribution in [-0.4, -0.2) is 36.7 Å². The minimum absolute atomic E-state index is 0.665. The van der Waals surface area contributed by atoms with Crippen molar-refractivity contribution in [2.45, 2.75) is 33.2 Å². The molecule has 4 heteroatoms. The minimum atomic E-state index is 0.665. The lowest BCUT2D eigenvalue weighted by Crippen LogP contribution is -2.31. The molecule has 4 nitrogen and oxygen atoms in total. The van der Waals surface area contributed by atoms with Crippen LogP contribution in [0.3, 0.4) is 0 Å². The second-order valence-electron chi connectivity index (χ2n) is 8.43. The van der Waals surface area contributed by atoms with Gasteiger partial charge in [-0.1, -0.05) is 44.2 Å². The number of hydrogen-bond acceptors (Lipinski definition) is 4. The molecule has 0 unspecified atom stereocenters. The number of hydrogen-bond donors (Lipinski definition) is 0. The molecule has 3 aromatic carbocycles. The molecule has 32 heavy (non-hydrogen) atoms. The van der Waals surface area contributed by atoms with Gasteiger partial charge in [-0.05, 0) is 65.6 Å². The molecule has 0 atom stereocenters. The Labute approximate surface area is 189 Å². The fourth-order valence-corrected chi connectivity index (χ4v) is 4.83. The Bertz CT molecular complexity index is 1280. The fraction of sp³-hybridized carbons (Fsp3) is 0.321. The van der Waals surface area contributed by atoms with Gasteiger partial charge in [0.25, 0.3) is 0 Å². The summed E-state index contributed by atoms with van der Waals surface area (Å²) in [6.45, 7) is 8.06. The molecule has 1 aliphatic rings. The van der Waals surface area contributed by atoms with Crippen LogP contribution in [0.25, 0.3) is 32.9 Å². The van der Waals surface area contributed by atoms with Crippen molar-refractivity contribution in [1.82, 2.24) is 9.88 Å². The molecule has 0 N–H and O–H groups in total. The summed E-state index contributed by atoms with van der Waals surface area (Å²) in [7, 11) is 1.69. The van der Waals surface area contributed by atoms with E-state index in [-0.39, 0.29) is 0 Å². The Balaban J connectivity index is 1.76. The third-order valence-electron chi connectivity index (χ3n) is 6.50. The van der Waals surface area contributed by atoms with E-state index in [1.807, 2.05) is 6.07 Å². The van der Waals surface area contributed by atoms with Crippen LogP contribution in [0, 0.1) is 0 Å². The molecule has 2 heterocycles. The van der Waals surface area contributed by atoms with E-state index in [1.165, 1.54) is 27.3 Å². The van der Waals surface area contributed by atoms with E-state index in [0.29, 0.717) is 6.61 Å². The number of fused-ring (bicyclic) bond motifs is 5. The standard InChI is InChI=1S/C28H30N2O2/c1-4-16-32-26-17-20(11-13-25(26)31-3)28-23-18-30(5-2)15-14-22(23)27-21-9-7-6-8-19(21)10-12-24(27)29-28/h6-13,17H,4-5,14-16,18H2,1-3H3. The smallest absolute Gasteiger partial charge is 0.161 e. The van der Waals surface area contributed by atoms with Crippen molar-refractivity contribution >= 4 is 21.7 Å². The lowest BCUT2D eigenvalue weighted by molar-refractivity contribution is 0.269. The lowest BCUT2D eigenvalue weighted by Gasteiger charge is -2.30. The monoisotopic (exact) mass is 426 g/mol. The first kappa shape index (κ1) is 20.8. The van der Waals surface area contributed by atoms with Crippen LogP contribution in [0.4, 0.5) is 0 Å². The van der Waals surface area contributed by atoms with Gasteiger partial charge in [0, 0.05) is 24.0 Å². The molecule has 1 aromatic heterocycles. The number of rotatable bonds is 6. The Morgan fingerprint density at radius 2 is 1.84 bits per heavy atom. The first-order chi connectivity index (χ1) is 15.7. The van der Waals surface area contributed by atoms with Crippen molar-refractivity contribution in [2.75, 3.05) is 26.8 Å². The van der Waals surface area contributed by atoms with Crippen molar-refractivity contribution in [3.05, 3.63) is 65.7 Å². The lowest BCUT2D eigenvalue weighted by atomic mass is 9.89. The van der Waals surface area contributed by atoms with Crippen LogP contribution in [-0.2, 0) is 13.0 Å².